The van der Waals surface area contributed by atoms with E-state index in [0.717, 1.165) is 6.07 Å². The number of nitrogens with zero attached hydrogens (tertiary/aromatic N) is 3. The van der Waals surface area contributed by atoms with Crippen LogP contribution in [0.4, 0.5) is 39.8 Å². The molecule has 1 aromatic heterocycles. The van der Waals surface area contributed by atoms with E-state index in [1.807, 2.05) is 0 Å². The molecule has 1 fully saturated rings. The van der Waals surface area contributed by atoms with Gasteiger partial charge in [0.1, 0.15) is 17.1 Å². The fraction of sp³-hybridized carbons (Fsp3) is 0.395. The van der Waals surface area contributed by atoms with Crippen molar-refractivity contribution in [1.82, 2.24) is 10.3 Å². The highest BCUT2D eigenvalue weighted by molar-refractivity contribution is 9.09. The topological polar surface area (TPSA) is 114 Å². The summed E-state index contributed by atoms with van der Waals surface area (Å²) in [6, 6.07) is 15.1. The molecule has 0 radical (unpaired) electrons. The number of alkyl halides is 4. The Balaban J connectivity index is 1.33. The molecule has 0 aliphatic carbocycles. The molecule has 11 nitrogen and oxygen atoms in total. The quantitative estimate of drug-likeness (QED) is 0.144. The van der Waals surface area contributed by atoms with Gasteiger partial charge in [-0.25, -0.2) is 9.59 Å². The summed E-state index contributed by atoms with van der Waals surface area (Å²) < 4.78 is 65.8. The maximum Gasteiger partial charge on any atom is 0.418 e. The molecule has 2 N–H and O–H groups in total. The van der Waals surface area contributed by atoms with Crippen LogP contribution in [0.2, 0.25) is 0 Å². The predicted molar refractivity (Wildman–Crippen MR) is 202 cm³/mol. The Morgan fingerprint density at radius 3 is 2.34 bits per heavy atom. The monoisotopic (exact) mass is 801 g/mol. The Bertz CT molecular complexity index is 1910. The van der Waals surface area contributed by atoms with Gasteiger partial charge in [-0.1, -0.05) is 22.0 Å². The standard InChI is InChI=1S/C38H43BrF3N5O6/c1-37(2,3)53-36(49)45-24-13-18-46(19-14-24)31-11-10-25(20-29(31)38(40,41)42)44-35(48)47(17-7-15-39)26-8-6-9-27(21-26)52-32-12-16-43-30-23-34(51-5)33(50-4)22-28(30)32/h6,8-12,16,20-24H,7,13-15,17-19H2,1-5H3,(H,44,48)(H,45,49). The first-order chi connectivity index (χ1) is 25.2. The fourth-order valence-corrected chi connectivity index (χ4v) is 6.24. The van der Waals surface area contributed by atoms with Crippen LogP contribution in [0.25, 0.3) is 10.9 Å². The molecule has 2 heterocycles. The van der Waals surface area contributed by atoms with Gasteiger partial charge in [0.25, 0.3) is 0 Å². The first-order valence-electron chi connectivity index (χ1n) is 17.1. The minimum Gasteiger partial charge on any atom is -0.493 e. The van der Waals surface area contributed by atoms with Crippen LogP contribution in [0.1, 0.15) is 45.6 Å². The van der Waals surface area contributed by atoms with E-state index in [9.17, 15) is 22.8 Å². The van der Waals surface area contributed by atoms with Crippen LogP contribution in [-0.4, -0.2) is 67.9 Å². The molecule has 53 heavy (non-hydrogen) atoms. The minimum absolute atomic E-state index is 0.00330. The van der Waals surface area contributed by atoms with Crippen LogP contribution >= 0.6 is 15.9 Å². The number of carbonyl (C=O) groups is 2. The second-order valence-electron chi connectivity index (χ2n) is 13.4. The van der Waals surface area contributed by atoms with Crippen LogP contribution in [-0.2, 0) is 10.9 Å². The number of amides is 3. The molecule has 15 heteroatoms. The Kier molecular flexibility index (Phi) is 12.5. The molecule has 4 aromatic rings. The molecule has 1 aliphatic rings. The van der Waals surface area contributed by atoms with Crippen LogP contribution in [0.15, 0.2) is 66.9 Å². The summed E-state index contributed by atoms with van der Waals surface area (Å²) in [5.74, 6) is 1.94. The van der Waals surface area contributed by atoms with Crippen molar-refractivity contribution in [3.8, 4) is 23.0 Å². The van der Waals surface area contributed by atoms with Crippen LogP contribution in [0, 0.1) is 0 Å². The van der Waals surface area contributed by atoms with Crippen molar-refractivity contribution >= 4 is 56.0 Å². The van der Waals surface area contributed by atoms with E-state index >= 15 is 0 Å². The second kappa shape index (κ2) is 16.8. The maximum atomic E-state index is 14.5. The van der Waals surface area contributed by atoms with E-state index in [1.54, 1.807) is 74.3 Å². The Morgan fingerprint density at radius 2 is 1.68 bits per heavy atom. The summed E-state index contributed by atoms with van der Waals surface area (Å²) in [5.41, 5.74) is -0.417. The Hall–Kier alpha value is -4.92. The molecule has 0 spiro atoms. The van der Waals surface area contributed by atoms with Crippen molar-refractivity contribution < 1.29 is 41.7 Å². The van der Waals surface area contributed by atoms with Crippen molar-refractivity contribution in [2.75, 3.05) is 54.3 Å². The molecule has 1 saturated heterocycles. The molecular weight excluding hydrogens is 759 g/mol. The fourth-order valence-electron chi connectivity index (χ4n) is 5.99. The molecule has 0 unspecified atom stereocenters. The minimum atomic E-state index is -4.69. The number of rotatable bonds is 11. The molecule has 3 aromatic carbocycles. The van der Waals surface area contributed by atoms with Gasteiger partial charge in [0.15, 0.2) is 11.5 Å². The van der Waals surface area contributed by atoms with Crippen LogP contribution < -0.4 is 34.6 Å². The Morgan fingerprint density at radius 1 is 0.962 bits per heavy atom. The average Bonchev–Trinajstić information content (AvgIpc) is 3.10. The highest BCUT2D eigenvalue weighted by Crippen LogP contribution is 2.40. The SMILES string of the molecule is COc1cc2nccc(Oc3cccc(N(CCCBr)C(=O)Nc4ccc(N5CCC(NC(=O)OC(C)(C)C)CC5)c(C(F)(F)F)c4)c3)c2cc1OC. The largest absolute Gasteiger partial charge is 0.493 e. The van der Waals surface area contributed by atoms with Crippen molar-refractivity contribution in [3.63, 3.8) is 0 Å². The molecule has 1 aliphatic heterocycles. The third kappa shape index (κ3) is 10.2. The lowest BCUT2D eigenvalue weighted by molar-refractivity contribution is -0.137. The van der Waals surface area contributed by atoms with Gasteiger partial charge < -0.3 is 34.5 Å². The number of halogens is 4. The van der Waals surface area contributed by atoms with Gasteiger partial charge in [-0.2, -0.15) is 13.2 Å². The number of alkyl carbamates (subject to hydrolysis) is 1. The number of hydrogen-bond donors (Lipinski definition) is 2. The predicted octanol–water partition coefficient (Wildman–Crippen LogP) is 9.38. The van der Waals surface area contributed by atoms with Gasteiger partial charge in [0, 0.05) is 71.8 Å². The number of fused-ring (bicyclic) bond motifs is 1. The number of pyridine rings is 1. The first kappa shape index (κ1) is 39.3. The average molecular weight is 803 g/mol. The summed E-state index contributed by atoms with van der Waals surface area (Å²) in [7, 11) is 3.07. The number of anilines is 3. The van der Waals surface area contributed by atoms with Gasteiger partial charge in [-0.05, 0) is 82.5 Å². The molecule has 5 rings (SSSR count). The number of methoxy groups -OCH3 is 2. The number of urea groups is 1. The van der Waals surface area contributed by atoms with Gasteiger partial charge in [-0.15, -0.1) is 0 Å². The van der Waals surface area contributed by atoms with Crippen molar-refractivity contribution in [2.24, 2.45) is 0 Å². The number of benzene rings is 3. The lowest BCUT2D eigenvalue weighted by Gasteiger charge is -2.35. The summed E-state index contributed by atoms with van der Waals surface area (Å²) in [6.45, 7) is 6.14. The lowest BCUT2D eigenvalue weighted by atomic mass is 10.0. The van der Waals surface area contributed by atoms with Gasteiger partial charge in [0.2, 0.25) is 0 Å². The van der Waals surface area contributed by atoms with E-state index in [-0.39, 0.29) is 24.0 Å². The van der Waals surface area contributed by atoms with Crippen LogP contribution in [0.5, 0.6) is 23.0 Å². The Labute approximate surface area is 314 Å². The smallest absolute Gasteiger partial charge is 0.418 e. The zero-order chi connectivity index (χ0) is 38.3. The van der Waals surface area contributed by atoms with Gasteiger partial charge in [0.05, 0.1) is 25.3 Å². The van der Waals surface area contributed by atoms with Gasteiger partial charge >= 0.3 is 18.3 Å². The third-order valence-corrected chi connectivity index (χ3v) is 8.99. The maximum absolute atomic E-state index is 14.5. The number of carbonyl (C=O) groups excluding carboxylic acids is 2. The van der Waals surface area contributed by atoms with Crippen molar-refractivity contribution in [2.45, 2.75) is 57.9 Å². The summed E-state index contributed by atoms with van der Waals surface area (Å²) in [4.78, 5) is 33.5. The third-order valence-electron chi connectivity index (χ3n) is 8.43. The summed E-state index contributed by atoms with van der Waals surface area (Å²) >= 11 is 3.41. The van der Waals surface area contributed by atoms with E-state index in [2.05, 4.69) is 31.5 Å². The van der Waals surface area contributed by atoms with E-state index in [0.29, 0.717) is 77.3 Å². The normalized spacial score (nSPS) is 13.7. The lowest BCUT2D eigenvalue weighted by Crippen LogP contribution is -2.46. The second-order valence-corrected chi connectivity index (χ2v) is 14.2. The molecule has 0 saturated carbocycles. The number of piperidine rings is 1. The first-order valence-corrected chi connectivity index (χ1v) is 18.2. The zero-order valence-corrected chi connectivity index (χ0v) is 31.8. The highest BCUT2D eigenvalue weighted by atomic mass is 79.9. The van der Waals surface area contributed by atoms with Gasteiger partial charge in [-0.3, -0.25) is 9.88 Å². The number of aromatic nitrogens is 1. The molecule has 284 valence electrons. The van der Waals surface area contributed by atoms with E-state index in [1.165, 1.54) is 31.3 Å². The van der Waals surface area contributed by atoms with Crippen LogP contribution in [0.3, 0.4) is 0 Å². The number of ether oxygens (including phenoxy) is 4. The molecular formula is C38H43BrF3N5O6. The summed E-state index contributed by atoms with van der Waals surface area (Å²) in [5, 5.41) is 6.75. The zero-order valence-electron chi connectivity index (χ0n) is 30.2. The molecule has 0 atom stereocenters. The number of nitrogens with one attached hydrogen (secondary N) is 2. The molecule has 3 amide bonds. The van der Waals surface area contributed by atoms with Crippen molar-refractivity contribution in [3.05, 3.63) is 72.4 Å². The number of hydrogen-bond acceptors (Lipinski definition) is 8. The van der Waals surface area contributed by atoms with E-state index in [4.69, 9.17) is 18.9 Å². The molecule has 0 bridgehead atoms. The van der Waals surface area contributed by atoms with E-state index < -0.39 is 29.5 Å². The summed E-state index contributed by atoms with van der Waals surface area (Å²) in [6.07, 6.45) is -2.17. The van der Waals surface area contributed by atoms with Crippen molar-refractivity contribution in [1.29, 1.82) is 0 Å². The highest BCUT2D eigenvalue weighted by Gasteiger charge is 2.36.